The highest BCUT2D eigenvalue weighted by molar-refractivity contribution is 5.76. The van der Waals surface area contributed by atoms with E-state index in [1.54, 1.807) is 0 Å². The third kappa shape index (κ3) is 4.00. The molecule has 2 aromatic rings. The lowest BCUT2D eigenvalue weighted by molar-refractivity contribution is -0.121. The van der Waals surface area contributed by atoms with Crippen LogP contribution < -0.4 is 5.32 Å². The van der Waals surface area contributed by atoms with E-state index in [-0.39, 0.29) is 5.91 Å². The van der Waals surface area contributed by atoms with Gasteiger partial charge in [0.1, 0.15) is 0 Å². The lowest BCUT2D eigenvalue weighted by Gasteiger charge is -2.24. The van der Waals surface area contributed by atoms with E-state index in [9.17, 15) is 4.79 Å². The fourth-order valence-corrected chi connectivity index (χ4v) is 3.60. The molecule has 1 aliphatic rings. The van der Waals surface area contributed by atoms with Crippen molar-refractivity contribution in [1.82, 2.24) is 24.8 Å². The first-order valence-electron chi connectivity index (χ1n) is 9.12. The molecule has 1 aliphatic carbocycles. The zero-order valence-corrected chi connectivity index (χ0v) is 16.0. The van der Waals surface area contributed by atoms with Crippen LogP contribution >= 0.6 is 0 Å². The Morgan fingerprint density at radius 2 is 2.08 bits per heavy atom. The summed E-state index contributed by atoms with van der Waals surface area (Å²) in [7, 11) is 4.18. The maximum Gasteiger partial charge on any atom is 0.220 e. The van der Waals surface area contributed by atoms with Gasteiger partial charge in [0.05, 0.1) is 5.69 Å². The molecular weight excluding hydrogens is 314 g/mol. The van der Waals surface area contributed by atoms with E-state index >= 15 is 0 Å². The Bertz CT molecular complexity index is 774. The quantitative estimate of drug-likeness (QED) is 0.836. The van der Waals surface area contributed by atoms with Gasteiger partial charge in [-0.15, -0.1) is 0 Å². The molecule has 3 rings (SSSR count). The van der Waals surface area contributed by atoms with E-state index in [0.29, 0.717) is 18.9 Å². The van der Waals surface area contributed by atoms with E-state index in [4.69, 9.17) is 0 Å². The maximum absolute atomic E-state index is 12.3. The second-order valence-electron chi connectivity index (χ2n) is 7.49. The minimum Gasteiger partial charge on any atom is -0.355 e. The fourth-order valence-electron chi connectivity index (χ4n) is 3.60. The second kappa shape index (κ2) is 7.12. The number of amides is 1. The van der Waals surface area contributed by atoms with E-state index in [2.05, 4.69) is 41.3 Å². The molecule has 0 spiro atoms. The summed E-state index contributed by atoms with van der Waals surface area (Å²) in [6, 6.07) is 2.44. The van der Waals surface area contributed by atoms with Gasteiger partial charge in [0, 0.05) is 36.5 Å². The number of carbonyl (C=O) groups excluding carboxylic acids is 1. The molecule has 1 saturated carbocycles. The molecule has 136 valence electrons. The number of nitrogens with one attached hydrogen (secondary N) is 1. The van der Waals surface area contributed by atoms with Crippen molar-refractivity contribution in [1.29, 1.82) is 0 Å². The second-order valence-corrected chi connectivity index (χ2v) is 7.49. The molecule has 0 saturated heterocycles. The SMILES string of the molecule is Cc1cc2nc(C)c(CCC(=O)NC[C@H](C3CC3)N(C)C)c(C)n2n1. The molecule has 2 heterocycles. The minimum absolute atomic E-state index is 0.114. The number of hydrogen-bond acceptors (Lipinski definition) is 4. The van der Waals surface area contributed by atoms with Gasteiger partial charge in [-0.1, -0.05) is 0 Å². The van der Waals surface area contributed by atoms with Crippen molar-refractivity contribution in [3.63, 3.8) is 0 Å². The molecule has 0 radical (unpaired) electrons. The first-order valence-corrected chi connectivity index (χ1v) is 9.12. The predicted octanol–water partition coefficient (Wildman–Crippen LogP) is 2.04. The van der Waals surface area contributed by atoms with Gasteiger partial charge in [-0.2, -0.15) is 5.10 Å². The normalized spacial score (nSPS) is 15.8. The summed E-state index contributed by atoms with van der Waals surface area (Å²) < 4.78 is 1.88. The van der Waals surface area contributed by atoms with Gasteiger partial charge < -0.3 is 10.2 Å². The number of rotatable bonds is 7. The number of aromatic nitrogens is 3. The van der Waals surface area contributed by atoms with Crippen molar-refractivity contribution in [2.75, 3.05) is 20.6 Å². The molecular formula is C19H29N5O. The van der Waals surface area contributed by atoms with Gasteiger partial charge in [-0.05, 0) is 65.6 Å². The fraction of sp³-hybridized carbons (Fsp3) is 0.632. The lowest BCUT2D eigenvalue weighted by Crippen LogP contribution is -2.41. The van der Waals surface area contributed by atoms with Crippen molar-refractivity contribution in [3.05, 3.63) is 28.7 Å². The Morgan fingerprint density at radius 1 is 1.36 bits per heavy atom. The van der Waals surface area contributed by atoms with Gasteiger partial charge in [-0.25, -0.2) is 9.50 Å². The van der Waals surface area contributed by atoms with Crippen LogP contribution in [0.25, 0.3) is 5.65 Å². The van der Waals surface area contributed by atoms with Crippen molar-refractivity contribution in [2.45, 2.75) is 52.5 Å². The van der Waals surface area contributed by atoms with Crippen LogP contribution in [0.2, 0.25) is 0 Å². The minimum atomic E-state index is 0.114. The summed E-state index contributed by atoms with van der Waals surface area (Å²) in [4.78, 5) is 19.2. The standard InChI is InChI=1S/C19H29N5O/c1-12-10-18-21-13(2)16(14(3)24(18)22-12)8-9-19(25)20-11-17(23(4)5)15-6-7-15/h10,15,17H,6-9,11H2,1-5H3,(H,20,25)/t17-/m1/s1. The topological polar surface area (TPSA) is 62.5 Å². The largest absolute Gasteiger partial charge is 0.355 e. The number of likely N-dealkylation sites (N-methyl/N-ethyl adjacent to an activating group) is 1. The molecule has 0 unspecified atom stereocenters. The Kier molecular flexibility index (Phi) is 5.08. The summed E-state index contributed by atoms with van der Waals surface area (Å²) in [5.41, 5.74) is 5.02. The smallest absolute Gasteiger partial charge is 0.220 e. The van der Waals surface area contributed by atoms with E-state index in [1.807, 2.05) is 24.4 Å². The van der Waals surface area contributed by atoms with Crippen LogP contribution in [0, 0.1) is 26.7 Å². The molecule has 6 nitrogen and oxygen atoms in total. The van der Waals surface area contributed by atoms with Crippen molar-refractivity contribution in [2.24, 2.45) is 5.92 Å². The summed E-state index contributed by atoms with van der Waals surface area (Å²) in [5.74, 6) is 0.859. The third-order valence-corrected chi connectivity index (χ3v) is 5.23. The lowest BCUT2D eigenvalue weighted by atomic mass is 10.1. The van der Waals surface area contributed by atoms with Gasteiger partial charge in [-0.3, -0.25) is 4.79 Å². The molecule has 1 atom stereocenters. The first kappa shape index (κ1) is 17.9. The van der Waals surface area contributed by atoms with Crippen LogP contribution in [0.5, 0.6) is 0 Å². The maximum atomic E-state index is 12.3. The number of hydrogen-bond donors (Lipinski definition) is 1. The average Bonchev–Trinajstić information content (AvgIpc) is 3.29. The summed E-state index contributed by atoms with van der Waals surface area (Å²) >= 11 is 0. The van der Waals surface area contributed by atoms with Crippen LogP contribution in [0.15, 0.2) is 6.07 Å². The molecule has 0 aliphatic heterocycles. The zero-order valence-electron chi connectivity index (χ0n) is 16.0. The number of fused-ring (bicyclic) bond motifs is 1. The highest BCUT2D eigenvalue weighted by Crippen LogP contribution is 2.34. The van der Waals surface area contributed by atoms with Crippen LogP contribution in [0.4, 0.5) is 0 Å². The van der Waals surface area contributed by atoms with Crippen molar-refractivity contribution < 1.29 is 4.79 Å². The van der Waals surface area contributed by atoms with Crippen molar-refractivity contribution in [3.8, 4) is 0 Å². The van der Waals surface area contributed by atoms with Gasteiger partial charge in [0.15, 0.2) is 5.65 Å². The monoisotopic (exact) mass is 343 g/mol. The number of carbonyl (C=O) groups is 1. The first-order chi connectivity index (χ1) is 11.9. The van der Waals surface area contributed by atoms with Gasteiger partial charge in [0.2, 0.25) is 5.91 Å². The van der Waals surface area contributed by atoms with Crippen LogP contribution in [0.3, 0.4) is 0 Å². The molecule has 0 aromatic carbocycles. The molecule has 1 fully saturated rings. The summed E-state index contributed by atoms with van der Waals surface area (Å²) in [6.07, 6.45) is 3.75. The Morgan fingerprint density at radius 3 is 2.72 bits per heavy atom. The molecule has 25 heavy (non-hydrogen) atoms. The summed E-state index contributed by atoms with van der Waals surface area (Å²) in [6.45, 7) is 6.77. The number of aryl methyl sites for hydroxylation is 3. The molecule has 1 amide bonds. The third-order valence-electron chi connectivity index (χ3n) is 5.23. The number of nitrogens with zero attached hydrogens (tertiary/aromatic N) is 4. The highest BCUT2D eigenvalue weighted by atomic mass is 16.1. The molecule has 2 aromatic heterocycles. The van der Waals surface area contributed by atoms with E-state index in [0.717, 1.165) is 40.8 Å². The van der Waals surface area contributed by atoms with E-state index in [1.165, 1.54) is 12.8 Å². The van der Waals surface area contributed by atoms with E-state index < -0.39 is 0 Å². The van der Waals surface area contributed by atoms with Crippen LogP contribution in [0.1, 0.15) is 41.9 Å². The molecule has 0 bridgehead atoms. The Hall–Kier alpha value is -1.95. The Labute approximate surface area is 149 Å². The molecule has 1 N–H and O–H groups in total. The highest BCUT2D eigenvalue weighted by Gasteiger charge is 2.32. The zero-order chi connectivity index (χ0) is 18.1. The van der Waals surface area contributed by atoms with Gasteiger partial charge in [0.25, 0.3) is 0 Å². The summed E-state index contributed by atoms with van der Waals surface area (Å²) in [5, 5.41) is 7.61. The Balaban J connectivity index is 1.61. The van der Waals surface area contributed by atoms with Crippen LogP contribution in [-0.2, 0) is 11.2 Å². The molecule has 6 heteroatoms. The van der Waals surface area contributed by atoms with Crippen LogP contribution in [-0.4, -0.2) is 52.1 Å². The predicted molar refractivity (Wildman–Crippen MR) is 98.7 cm³/mol. The van der Waals surface area contributed by atoms with Crippen molar-refractivity contribution >= 4 is 11.6 Å². The van der Waals surface area contributed by atoms with Gasteiger partial charge >= 0.3 is 0 Å². The average molecular weight is 343 g/mol.